The third kappa shape index (κ3) is 2.77. The smallest absolute Gasteiger partial charge is 0.196 e. The molecular weight excluding hydrogens is 249 g/mol. The summed E-state index contributed by atoms with van der Waals surface area (Å²) in [6.07, 6.45) is 1.48. The molecule has 1 N–H and O–H groups in total. The Morgan fingerprint density at radius 2 is 2.19 bits per heavy atom. The minimum atomic E-state index is 0.378. The average Bonchev–Trinajstić information content (AvgIpc) is 2.74. The SMILES string of the molecule is Clc1ccc(CN=Nc2cn[nH]n2)c(Cl)c1. The molecule has 0 spiro atoms. The summed E-state index contributed by atoms with van der Waals surface area (Å²) in [5, 5.41) is 18.8. The number of hydrogen-bond acceptors (Lipinski definition) is 4. The summed E-state index contributed by atoms with van der Waals surface area (Å²) >= 11 is 11.7. The van der Waals surface area contributed by atoms with Crippen LogP contribution in [0.5, 0.6) is 0 Å². The Bertz CT molecular complexity index is 495. The fourth-order valence-electron chi connectivity index (χ4n) is 1.08. The Labute approximate surface area is 101 Å². The van der Waals surface area contributed by atoms with E-state index in [2.05, 4.69) is 25.6 Å². The number of nitrogens with zero attached hydrogens (tertiary/aromatic N) is 4. The number of aromatic nitrogens is 3. The zero-order valence-electron chi connectivity index (χ0n) is 8.06. The van der Waals surface area contributed by atoms with Gasteiger partial charge in [-0.1, -0.05) is 29.3 Å². The van der Waals surface area contributed by atoms with Crippen molar-refractivity contribution in [1.82, 2.24) is 15.4 Å². The molecule has 0 unspecified atom stereocenters. The lowest BCUT2D eigenvalue weighted by Crippen LogP contribution is -1.82. The molecule has 0 atom stereocenters. The van der Waals surface area contributed by atoms with Gasteiger partial charge >= 0.3 is 0 Å². The number of hydrogen-bond donors (Lipinski definition) is 1. The van der Waals surface area contributed by atoms with Crippen molar-refractivity contribution in [3.63, 3.8) is 0 Å². The fourth-order valence-corrected chi connectivity index (χ4v) is 1.55. The highest BCUT2D eigenvalue weighted by atomic mass is 35.5. The predicted molar refractivity (Wildman–Crippen MR) is 61.1 cm³/mol. The summed E-state index contributed by atoms with van der Waals surface area (Å²) in [7, 11) is 0. The van der Waals surface area contributed by atoms with E-state index < -0.39 is 0 Å². The van der Waals surface area contributed by atoms with Gasteiger partial charge in [0, 0.05) is 10.0 Å². The van der Waals surface area contributed by atoms with Crippen LogP contribution in [0.2, 0.25) is 10.0 Å². The van der Waals surface area contributed by atoms with Crippen LogP contribution in [0.1, 0.15) is 5.56 Å². The first kappa shape index (κ1) is 11.0. The Balaban J connectivity index is 2.05. The van der Waals surface area contributed by atoms with Crippen molar-refractivity contribution in [2.75, 3.05) is 0 Å². The van der Waals surface area contributed by atoms with Crippen molar-refractivity contribution in [3.05, 3.63) is 40.0 Å². The molecule has 0 saturated heterocycles. The summed E-state index contributed by atoms with van der Waals surface area (Å²) in [5.41, 5.74) is 0.860. The second-order valence-corrected chi connectivity index (χ2v) is 3.81. The molecule has 0 radical (unpaired) electrons. The molecule has 5 nitrogen and oxygen atoms in total. The molecule has 1 aromatic heterocycles. The van der Waals surface area contributed by atoms with Gasteiger partial charge in [-0.25, -0.2) is 0 Å². The van der Waals surface area contributed by atoms with Crippen LogP contribution in [0.25, 0.3) is 0 Å². The van der Waals surface area contributed by atoms with Gasteiger partial charge in [-0.2, -0.15) is 15.4 Å². The van der Waals surface area contributed by atoms with Crippen molar-refractivity contribution >= 4 is 29.0 Å². The van der Waals surface area contributed by atoms with Crippen molar-refractivity contribution in [3.8, 4) is 0 Å². The molecule has 1 heterocycles. The molecule has 0 bridgehead atoms. The molecule has 7 heteroatoms. The quantitative estimate of drug-likeness (QED) is 0.855. The van der Waals surface area contributed by atoms with Crippen LogP contribution >= 0.6 is 23.2 Å². The number of rotatable bonds is 3. The summed E-state index contributed by atoms with van der Waals surface area (Å²) in [4.78, 5) is 0. The first-order chi connectivity index (χ1) is 7.75. The zero-order valence-corrected chi connectivity index (χ0v) is 9.57. The van der Waals surface area contributed by atoms with Crippen LogP contribution in [-0.2, 0) is 6.54 Å². The third-order valence-electron chi connectivity index (χ3n) is 1.83. The molecule has 0 amide bonds. The normalized spacial score (nSPS) is 11.1. The van der Waals surface area contributed by atoms with Gasteiger partial charge in [-0.05, 0) is 17.7 Å². The number of aromatic amines is 1. The highest BCUT2D eigenvalue weighted by Gasteiger charge is 2.00. The summed E-state index contributed by atoms with van der Waals surface area (Å²) in [6.45, 7) is 0.378. The maximum Gasteiger partial charge on any atom is 0.215 e. The van der Waals surface area contributed by atoms with E-state index in [1.54, 1.807) is 12.1 Å². The minimum Gasteiger partial charge on any atom is -0.196 e. The van der Waals surface area contributed by atoms with Crippen LogP contribution in [0.15, 0.2) is 34.6 Å². The predicted octanol–water partition coefficient (Wildman–Crippen LogP) is 3.40. The van der Waals surface area contributed by atoms with E-state index >= 15 is 0 Å². The number of benzene rings is 1. The lowest BCUT2D eigenvalue weighted by Gasteiger charge is -1.99. The van der Waals surface area contributed by atoms with Crippen LogP contribution in [0, 0.1) is 0 Å². The van der Waals surface area contributed by atoms with Gasteiger partial charge in [0.2, 0.25) is 5.82 Å². The molecule has 0 saturated carbocycles. The van der Waals surface area contributed by atoms with E-state index in [-0.39, 0.29) is 0 Å². The molecule has 0 aliphatic heterocycles. The van der Waals surface area contributed by atoms with Gasteiger partial charge in [-0.15, -0.1) is 10.2 Å². The first-order valence-corrected chi connectivity index (χ1v) is 5.18. The number of H-pyrrole nitrogens is 1. The second-order valence-electron chi connectivity index (χ2n) is 2.96. The molecule has 1 aromatic carbocycles. The Morgan fingerprint density at radius 1 is 1.31 bits per heavy atom. The molecule has 2 rings (SSSR count). The summed E-state index contributed by atoms with van der Waals surface area (Å²) in [5.74, 6) is 0.435. The summed E-state index contributed by atoms with van der Waals surface area (Å²) < 4.78 is 0. The lowest BCUT2D eigenvalue weighted by atomic mass is 10.2. The van der Waals surface area contributed by atoms with Gasteiger partial charge in [0.05, 0.1) is 12.7 Å². The molecule has 2 aromatic rings. The fraction of sp³-hybridized carbons (Fsp3) is 0.111. The van der Waals surface area contributed by atoms with Gasteiger partial charge in [0.1, 0.15) is 0 Å². The van der Waals surface area contributed by atoms with Crippen LogP contribution in [0.4, 0.5) is 5.82 Å². The van der Waals surface area contributed by atoms with E-state index in [4.69, 9.17) is 23.2 Å². The number of nitrogens with one attached hydrogen (secondary N) is 1. The number of azo groups is 1. The van der Waals surface area contributed by atoms with Gasteiger partial charge < -0.3 is 0 Å². The Hall–Kier alpha value is -1.46. The second kappa shape index (κ2) is 5.05. The molecule has 0 fully saturated rings. The van der Waals surface area contributed by atoms with Gasteiger partial charge in [-0.3, -0.25) is 0 Å². The monoisotopic (exact) mass is 255 g/mol. The highest BCUT2D eigenvalue weighted by Crippen LogP contribution is 2.21. The maximum absolute atomic E-state index is 5.97. The molecule has 0 aliphatic carbocycles. The van der Waals surface area contributed by atoms with Crippen molar-refractivity contribution < 1.29 is 0 Å². The highest BCUT2D eigenvalue weighted by molar-refractivity contribution is 6.35. The van der Waals surface area contributed by atoms with E-state index in [1.165, 1.54) is 6.20 Å². The average molecular weight is 256 g/mol. The van der Waals surface area contributed by atoms with Crippen molar-refractivity contribution in [2.24, 2.45) is 10.2 Å². The van der Waals surface area contributed by atoms with E-state index in [9.17, 15) is 0 Å². The van der Waals surface area contributed by atoms with E-state index in [0.29, 0.717) is 22.4 Å². The molecule has 16 heavy (non-hydrogen) atoms. The third-order valence-corrected chi connectivity index (χ3v) is 2.42. The van der Waals surface area contributed by atoms with Crippen molar-refractivity contribution in [2.45, 2.75) is 6.54 Å². The van der Waals surface area contributed by atoms with Gasteiger partial charge in [0.25, 0.3) is 0 Å². The van der Waals surface area contributed by atoms with Crippen molar-refractivity contribution in [1.29, 1.82) is 0 Å². The van der Waals surface area contributed by atoms with E-state index in [1.807, 2.05) is 6.07 Å². The zero-order chi connectivity index (χ0) is 11.4. The Morgan fingerprint density at radius 3 is 2.88 bits per heavy atom. The maximum atomic E-state index is 5.97. The Kier molecular flexibility index (Phi) is 3.48. The topological polar surface area (TPSA) is 66.3 Å². The molecule has 0 aliphatic rings. The van der Waals surface area contributed by atoms with Crippen LogP contribution < -0.4 is 0 Å². The lowest BCUT2D eigenvalue weighted by molar-refractivity contribution is 0.913. The largest absolute Gasteiger partial charge is 0.215 e. The molecular formula is C9H7Cl2N5. The standard InChI is InChI=1S/C9H7Cl2N5/c10-7-2-1-6(8(11)3-7)4-12-14-9-5-13-16-15-9/h1-3,5H,4H2,(H,13,15,16). The van der Waals surface area contributed by atoms with Gasteiger partial charge in [0.15, 0.2) is 0 Å². The van der Waals surface area contributed by atoms with Crippen LogP contribution in [0.3, 0.4) is 0 Å². The van der Waals surface area contributed by atoms with E-state index in [0.717, 1.165) is 5.56 Å². The minimum absolute atomic E-state index is 0.378. The number of halogens is 2. The first-order valence-electron chi connectivity index (χ1n) is 4.43. The summed E-state index contributed by atoms with van der Waals surface area (Å²) in [6, 6.07) is 5.24. The van der Waals surface area contributed by atoms with Crippen LogP contribution in [-0.4, -0.2) is 15.4 Å². The molecule has 82 valence electrons.